The van der Waals surface area contributed by atoms with Crippen LogP contribution in [-0.4, -0.2) is 54.5 Å². The van der Waals surface area contributed by atoms with Crippen molar-refractivity contribution in [1.82, 2.24) is 9.97 Å². The molecule has 31 heavy (non-hydrogen) atoms. The number of carbonyl (C=O) groups is 1. The first-order valence-corrected chi connectivity index (χ1v) is 10.1. The van der Waals surface area contributed by atoms with Gasteiger partial charge in [-0.2, -0.15) is 0 Å². The molecule has 1 saturated heterocycles. The third kappa shape index (κ3) is 4.55. The highest BCUT2D eigenvalue weighted by atomic mass is 16.5. The molecule has 2 N–H and O–H groups in total. The van der Waals surface area contributed by atoms with Gasteiger partial charge in [-0.05, 0) is 37.8 Å². The zero-order chi connectivity index (χ0) is 21.8. The quantitative estimate of drug-likeness (QED) is 0.738. The highest BCUT2D eigenvalue weighted by Gasteiger charge is 2.25. The van der Waals surface area contributed by atoms with E-state index in [1.807, 2.05) is 12.3 Å². The van der Waals surface area contributed by atoms with Gasteiger partial charge in [0.2, 0.25) is 11.8 Å². The molecule has 0 bridgehead atoms. The molecule has 4 rings (SSSR count). The van der Waals surface area contributed by atoms with E-state index >= 15 is 0 Å². The summed E-state index contributed by atoms with van der Waals surface area (Å²) in [6.07, 6.45) is 6.06. The maximum atomic E-state index is 11.2. The number of hydrogen-bond donors (Lipinski definition) is 2. The lowest BCUT2D eigenvalue weighted by Crippen LogP contribution is -2.38. The minimum absolute atomic E-state index is 0.161. The molecule has 0 aliphatic carbocycles. The Morgan fingerprint density at radius 1 is 1.35 bits per heavy atom. The van der Waals surface area contributed by atoms with Crippen LogP contribution >= 0.6 is 0 Å². The lowest BCUT2D eigenvalue weighted by Gasteiger charge is -2.33. The molecule has 2 aliphatic heterocycles. The monoisotopic (exact) mass is 419 g/mol. The molecular formula is C22H25N7O2. The van der Waals surface area contributed by atoms with Gasteiger partial charge in [-0.1, -0.05) is 0 Å². The van der Waals surface area contributed by atoms with Gasteiger partial charge in [0.15, 0.2) is 0 Å². The van der Waals surface area contributed by atoms with Crippen LogP contribution in [0, 0.1) is 6.92 Å². The maximum absolute atomic E-state index is 11.2. The van der Waals surface area contributed by atoms with E-state index in [-0.39, 0.29) is 5.91 Å². The lowest BCUT2D eigenvalue weighted by atomic mass is 10.0. The van der Waals surface area contributed by atoms with Gasteiger partial charge in [-0.15, -0.1) is 0 Å². The van der Waals surface area contributed by atoms with Crippen molar-refractivity contribution in [2.75, 3.05) is 41.8 Å². The van der Waals surface area contributed by atoms with E-state index < -0.39 is 0 Å². The summed E-state index contributed by atoms with van der Waals surface area (Å²) in [7, 11) is 0. The first-order valence-electron chi connectivity index (χ1n) is 10.1. The molecule has 2 aromatic rings. The Bertz CT molecular complexity index is 1060. The van der Waals surface area contributed by atoms with Crippen molar-refractivity contribution in [2.45, 2.75) is 20.3 Å². The summed E-state index contributed by atoms with van der Waals surface area (Å²) in [6, 6.07) is 3.57. The van der Waals surface area contributed by atoms with Crippen LogP contribution in [0.4, 0.5) is 22.9 Å². The molecule has 2 aromatic heterocycles. The molecule has 0 spiro atoms. The Morgan fingerprint density at radius 2 is 2.23 bits per heavy atom. The van der Waals surface area contributed by atoms with E-state index in [4.69, 9.17) is 9.73 Å². The molecule has 0 radical (unpaired) electrons. The third-order valence-corrected chi connectivity index (χ3v) is 5.19. The molecule has 0 aromatic carbocycles. The molecule has 0 unspecified atom stereocenters. The molecule has 0 saturated carbocycles. The summed E-state index contributed by atoms with van der Waals surface area (Å²) in [6.45, 7) is 9.94. The summed E-state index contributed by atoms with van der Waals surface area (Å²) >= 11 is 0. The van der Waals surface area contributed by atoms with Crippen LogP contribution in [-0.2, 0) is 4.79 Å². The van der Waals surface area contributed by atoms with Gasteiger partial charge >= 0.3 is 0 Å². The third-order valence-electron chi connectivity index (χ3n) is 5.19. The Balaban J connectivity index is 1.62. The number of aromatic nitrogens is 2. The molecule has 1 amide bonds. The van der Waals surface area contributed by atoms with Crippen molar-refractivity contribution >= 4 is 41.2 Å². The van der Waals surface area contributed by atoms with Crippen molar-refractivity contribution in [3.05, 3.63) is 41.9 Å². The van der Waals surface area contributed by atoms with Crippen molar-refractivity contribution < 1.29 is 9.53 Å². The Hall–Kier alpha value is -3.75. The highest BCUT2D eigenvalue weighted by Crippen LogP contribution is 2.36. The predicted molar refractivity (Wildman–Crippen MR) is 123 cm³/mol. The fourth-order valence-corrected chi connectivity index (χ4v) is 3.72. The van der Waals surface area contributed by atoms with E-state index in [0.29, 0.717) is 30.5 Å². The summed E-state index contributed by atoms with van der Waals surface area (Å²) in [5, 5.41) is 6.05. The number of fused-ring (bicyclic) bond motifs is 1. The summed E-state index contributed by atoms with van der Waals surface area (Å²) in [5.74, 6) is 0.988. The van der Waals surface area contributed by atoms with E-state index in [9.17, 15) is 4.79 Å². The zero-order valence-electron chi connectivity index (χ0n) is 17.7. The molecule has 0 atom stereocenters. The molecule has 4 heterocycles. The average molecular weight is 419 g/mol. The summed E-state index contributed by atoms with van der Waals surface area (Å²) in [4.78, 5) is 31.0. The molecule has 1 fully saturated rings. The van der Waals surface area contributed by atoms with Gasteiger partial charge in [0.25, 0.3) is 0 Å². The number of piperidine rings is 1. The second-order valence-electron chi connectivity index (χ2n) is 7.37. The van der Waals surface area contributed by atoms with Crippen molar-refractivity contribution in [3.63, 3.8) is 0 Å². The van der Waals surface area contributed by atoms with Gasteiger partial charge in [-0.3, -0.25) is 9.79 Å². The minimum Gasteiger partial charge on any atom is -0.474 e. The first kappa shape index (κ1) is 20.5. The number of nitrogens with zero attached hydrogens (tertiary/aromatic N) is 5. The number of hydrogen-bond acceptors (Lipinski definition) is 8. The van der Waals surface area contributed by atoms with Crippen LogP contribution in [0.5, 0.6) is 5.88 Å². The second-order valence-corrected chi connectivity index (χ2v) is 7.37. The second kappa shape index (κ2) is 8.95. The number of amides is 1. The summed E-state index contributed by atoms with van der Waals surface area (Å²) in [5.41, 5.74) is 5.76. The highest BCUT2D eigenvalue weighted by molar-refractivity contribution is 6.05. The lowest BCUT2D eigenvalue weighted by molar-refractivity contribution is -0.114. The van der Waals surface area contributed by atoms with Gasteiger partial charge in [-0.25, -0.2) is 15.0 Å². The standard InChI is InChI=1S/C22H25N7O2/c1-14-19(12-26-22-21(14)24-7-9-31-22)29-8-6-16(10-23-3)18(13-29)28-17-4-5-20(25-11-17)27-15(2)30/h4-5,10-12,24H,3,6-9,13H2,1-2H3,(H,25,27,30)/b16-10-,28-18?. The number of carbonyl (C=O) groups excluding carboxylic acids is 1. The van der Waals surface area contributed by atoms with Crippen molar-refractivity contribution in [3.8, 4) is 5.88 Å². The van der Waals surface area contributed by atoms with E-state index in [0.717, 1.165) is 47.7 Å². The Morgan fingerprint density at radius 3 is 2.97 bits per heavy atom. The van der Waals surface area contributed by atoms with Gasteiger partial charge in [0.05, 0.1) is 36.0 Å². The Labute approximate surface area is 181 Å². The molecule has 160 valence electrons. The van der Waals surface area contributed by atoms with Crippen molar-refractivity contribution in [2.24, 2.45) is 9.98 Å². The fraction of sp³-hybridized carbons (Fsp3) is 0.318. The summed E-state index contributed by atoms with van der Waals surface area (Å²) < 4.78 is 5.65. The minimum atomic E-state index is -0.161. The van der Waals surface area contributed by atoms with Crippen LogP contribution in [0.25, 0.3) is 0 Å². The van der Waals surface area contributed by atoms with E-state index in [2.05, 4.69) is 44.1 Å². The van der Waals surface area contributed by atoms with E-state index in [1.54, 1.807) is 18.5 Å². The zero-order valence-corrected chi connectivity index (χ0v) is 17.7. The SMILES string of the molecule is C=N/C=C1/CCN(c2cnc3c(c2C)NCCO3)CC1=Nc1ccc(NC(C)=O)nc1. The Kier molecular flexibility index (Phi) is 5.92. The number of rotatable bonds is 4. The molecule has 9 heteroatoms. The van der Waals surface area contributed by atoms with Crippen LogP contribution in [0.15, 0.2) is 46.3 Å². The van der Waals surface area contributed by atoms with Gasteiger partial charge in [0.1, 0.15) is 18.1 Å². The molecule has 9 nitrogen and oxygen atoms in total. The van der Waals surface area contributed by atoms with Crippen molar-refractivity contribution in [1.29, 1.82) is 0 Å². The van der Waals surface area contributed by atoms with Crippen LogP contribution in [0.2, 0.25) is 0 Å². The number of ether oxygens (including phenoxy) is 1. The van der Waals surface area contributed by atoms with Crippen LogP contribution < -0.4 is 20.3 Å². The normalized spacial score (nSPS) is 18.2. The first-order chi connectivity index (χ1) is 15.0. The topological polar surface area (TPSA) is 104 Å². The van der Waals surface area contributed by atoms with E-state index in [1.165, 1.54) is 6.92 Å². The number of anilines is 3. The van der Waals surface area contributed by atoms with Gasteiger partial charge in [0, 0.05) is 31.8 Å². The number of pyridine rings is 2. The maximum Gasteiger partial charge on any atom is 0.237 e. The predicted octanol–water partition coefficient (Wildman–Crippen LogP) is 3.12. The van der Waals surface area contributed by atoms with Crippen LogP contribution in [0.1, 0.15) is 18.9 Å². The van der Waals surface area contributed by atoms with Crippen LogP contribution in [0.3, 0.4) is 0 Å². The average Bonchev–Trinajstić information content (AvgIpc) is 2.77. The number of nitrogens with one attached hydrogen (secondary N) is 2. The smallest absolute Gasteiger partial charge is 0.237 e. The largest absolute Gasteiger partial charge is 0.474 e. The fourth-order valence-electron chi connectivity index (χ4n) is 3.72. The molecule has 2 aliphatic rings. The van der Waals surface area contributed by atoms with Gasteiger partial charge < -0.3 is 20.3 Å². The number of aliphatic imine (C=N–C) groups is 2. The molecular weight excluding hydrogens is 394 g/mol.